The molecule has 0 heterocycles. The van der Waals surface area contributed by atoms with Crippen LogP contribution in [0.15, 0.2) is 122 Å². The molecule has 0 radical (unpaired) electrons. The van der Waals surface area contributed by atoms with Gasteiger partial charge >= 0.3 is 19.8 Å². The Morgan fingerprint density at radius 1 is 0.383 bits per heavy atom. The molecule has 0 bridgehead atoms. The van der Waals surface area contributed by atoms with Crippen molar-refractivity contribution < 1.29 is 37.6 Å². The quantitative estimate of drug-likeness (QED) is 0.0264. The van der Waals surface area contributed by atoms with E-state index in [2.05, 4.69) is 129 Å². The highest BCUT2D eigenvalue weighted by Crippen LogP contribution is 2.43. The first-order chi connectivity index (χ1) is 39.8. The fraction of sp³-hybridized carbons (Fsp3) is 0.690. The molecular weight excluding hydrogens is 1030 g/mol. The average molecular weight is 1150 g/mol. The third kappa shape index (κ3) is 65.4. The zero-order valence-corrected chi connectivity index (χ0v) is 52.9. The second-order valence-corrected chi connectivity index (χ2v) is 23.1. The Morgan fingerprint density at radius 3 is 1.05 bits per heavy atom. The third-order valence-electron chi connectivity index (χ3n) is 13.8. The van der Waals surface area contributed by atoms with E-state index in [0.29, 0.717) is 12.8 Å². The van der Waals surface area contributed by atoms with Crippen molar-refractivity contribution in [2.24, 2.45) is 5.73 Å². The SMILES string of the molecule is CC/C=C\C/C=C\C/C=C\C/C=C\C/C=C\C/C=C\C/C=C\CCCC(=O)OC(COC(=O)CCCCCCCCCCCCCCCCCCCCCCCC/C=C\C/C=C\C/C=C\CCCCCCC)COP(=O)(O)OCCN. The van der Waals surface area contributed by atoms with Crippen LogP contribution in [0.5, 0.6) is 0 Å². The molecule has 2 unspecified atom stereocenters. The Hall–Kier alpha value is -3.59. The van der Waals surface area contributed by atoms with E-state index in [9.17, 15) is 19.0 Å². The lowest BCUT2D eigenvalue weighted by molar-refractivity contribution is -0.161. The van der Waals surface area contributed by atoms with E-state index in [-0.39, 0.29) is 32.6 Å². The van der Waals surface area contributed by atoms with Gasteiger partial charge in [0.05, 0.1) is 13.2 Å². The van der Waals surface area contributed by atoms with Gasteiger partial charge in [-0.15, -0.1) is 0 Å². The van der Waals surface area contributed by atoms with Gasteiger partial charge in [-0.1, -0.05) is 289 Å². The largest absolute Gasteiger partial charge is 0.472 e. The van der Waals surface area contributed by atoms with Crippen molar-refractivity contribution in [1.29, 1.82) is 0 Å². The second kappa shape index (κ2) is 65.6. The van der Waals surface area contributed by atoms with Crippen molar-refractivity contribution in [2.45, 2.75) is 290 Å². The number of hydrogen-bond donors (Lipinski definition) is 2. The lowest BCUT2D eigenvalue weighted by Gasteiger charge is -2.19. The molecule has 464 valence electrons. The molecule has 0 aromatic rings. The molecule has 10 heteroatoms. The minimum absolute atomic E-state index is 0.0392. The van der Waals surface area contributed by atoms with Gasteiger partial charge in [0.2, 0.25) is 0 Å². The smallest absolute Gasteiger partial charge is 0.462 e. The summed E-state index contributed by atoms with van der Waals surface area (Å²) in [7, 11) is -4.41. The number of unbranched alkanes of at least 4 members (excludes halogenated alkanes) is 28. The van der Waals surface area contributed by atoms with Crippen LogP contribution in [0.1, 0.15) is 284 Å². The van der Waals surface area contributed by atoms with Gasteiger partial charge < -0.3 is 20.1 Å². The van der Waals surface area contributed by atoms with Gasteiger partial charge in [0.25, 0.3) is 0 Å². The van der Waals surface area contributed by atoms with E-state index < -0.39 is 32.5 Å². The maximum atomic E-state index is 12.7. The van der Waals surface area contributed by atoms with E-state index in [1.165, 1.54) is 167 Å². The lowest BCUT2D eigenvalue weighted by atomic mass is 10.0. The number of phosphoric ester groups is 1. The van der Waals surface area contributed by atoms with E-state index in [1.807, 2.05) is 6.08 Å². The normalized spacial score (nSPS) is 13.8. The van der Waals surface area contributed by atoms with Gasteiger partial charge in [0, 0.05) is 19.4 Å². The fourth-order valence-corrected chi connectivity index (χ4v) is 9.75. The van der Waals surface area contributed by atoms with Crippen molar-refractivity contribution in [1.82, 2.24) is 0 Å². The Bertz CT molecular complexity index is 1740. The number of ether oxygens (including phenoxy) is 2. The molecule has 9 nitrogen and oxygen atoms in total. The predicted molar refractivity (Wildman–Crippen MR) is 348 cm³/mol. The number of phosphoric acid groups is 1. The van der Waals surface area contributed by atoms with Crippen molar-refractivity contribution in [3.05, 3.63) is 122 Å². The monoisotopic (exact) mass is 1150 g/mol. The molecule has 0 aliphatic rings. The van der Waals surface area contributed by atoms with Crippen LogP contribution in [0, 0.1) is 0 Å². The minimum atomic E-state index is -4.41. The van der Waals surface area contributed by atoms with Gasteiger partial charge in [-0.3, -0.25) is 18.6 Å². The molecule has 0 aliphatic carbocycles. The summed E-state index contributed by atoms with van der Waals surface area (Å²) in [6.45, 7) is 3.56. The summed E-state index contributed by atoms with van der Waals surface area (Å²) in [5.74, 6) is -0.896. The number of esters is 2. The van der Waals surface area contributed by atoms with E-state index >= 15 is 0 Å². The highest BCUT2D eigenvalue weighted by molar-refractivity contribution is 7.47. The average Bonchev–Trinajstić information content (AvgIpc) is 3.46. The number of allylic oxidation sites excluding steroid dienone is 20. The summed E-state index contributed by atoms with van der Waals surface area (Å²) in [4.78, 5) is 35.2. The molecule has 0 saturated heterocycles. The molecule has 3 N–H and O–H groups in total. The van der Waals surface area contributed by atoms with Crippen LogP contribution in [0.25, 0.3) is 0 Å². The highest BCUT2D eigenvalue weighted by atomic mass is 31.2. The Balaban J connectivity index is 3.92. The third-order valence-corrected chi connectivity index (χ3v) is 14.8. The number of nitrogens with two attached hydrogens (primary N) is 1. The van der Waals surface area contributed by atoms with Gasteiger partial charge in [-0.2, -0.15) is 0 Å². The summed E-state index contributed by atoms with van der Waals surface area (Å²) in [5.41, 5.74) is 5.39. The molecule has 0 spiro atoms. The van der Waals surface area contributed by atoms with Crippen molar-refractivity contribution in [2.75, 3.05) is 26.4 Å². The van der Waals surface area contributed by atoms with Gasteiger partial charge in [-0.25, -0.2) is 4.57 Å². The van der Waals surface area contributed by atoms with Crippen molar-refractivity contribution in [3.8, 4) is 0 Å². The molecule has 81 heavy (non-hydrogen) atoms. The summed E-state index contributed by atoms with van der Waals surface area (Å²) < 4.78 is 33.0. The molecular formula is C71H122NO8P. The first-order valence-electron chi connectivity index (χ1n) is 33.0. The van der Waals surface area contributed by atoms with Crippen LogP contribution in [0.4, 0.5) is 0 Å². The van der Waals surface area contributed by atoms with Crippen LogP contribution in [0.3, 0.4) is 0 Å². The van der Waals surface area contributed by atoms with Crippen LogP contribution >= 0.6 is 7.82 Å². The Kier molecular flexibility index (Phi) is 62.7. The number of carbonyl (C=O) groups is 2. The Labute approximate surface area is 498 Å². The molecule has 0 aromatic heterocycles. The number of hydrogen-bond acceptors (Lipinski definition) is 8. The maximum absolute atomic E-state index is 12.7. The van der Waals surface area contributed by atoms with E-state index in [1.54, 1.807) is 0 Å². The van der Waals surface area contributed by atoms with Crippen LogP contribution in [-0.4, -0.2) is 49.3 Å². The van der Waals surface area contributed by atoms with Crippen LogP contribution < -0.4 is 5.73 Å². The van der Waals surface area contributed by atoms with Crippen LogP contribution in [-0.2, 0) is 32.7 Å². The van der Waals surface area contributed by atoms with Crippen LogP contribution in [0.2, 0.25) is 0 Å². The molecule has 0 aromatic carbocycles. The Morgan fingerprint density at radius 2 is 0.691 bits per heavy atom. The molecule has 0 amide bonds. The summed E-state index contributed by atoms with van der Waals surface area (Å²) in [5, 5.41) is 0. The first kappa shape index (κ1) is 77.4. The highest BCUT2D eigenvalue weighted by Gasteiger charge is 2.26. The molecule has 0 aliphatic heterocycles. The molecule has 0 saturated carbocycles. The van der Waals surface area contributed by atoms with Crippen molar-refractivity contribution >= 4 is 19.8 Å². The molecule has 2 atom stereocenters. The first-order valence-corrected chi connectivity index (χ1v) is 34.5. The molecule has 0 rings (SSSR count). The summed E-state index contributed by atoms with van der Waals surface area (Å²) >= 11 is 0. The maximum Gasteiger partial charge on any atom is 0.472 e. The van der Waals surface area contributed by atoms with E-state index in [0.717, 1.165) is 77.0 Å². The zero-order valence-electron chi connectivity index (χ0n) is 52.0. The number of rotatable bonds is 61. The van der Waals surface area contributed by atoms with Gasteiger partial charge in [-0.05, 0) is 103 Å². The second-order valence-electron chi connectivity index (χ2n) is 21.6. The fourth-order valence-electron chi connectivity index (χ4n) is 8.99. The number of carbonyl (C=O) groups excluding carboxylic acids is 2. The standard InChI is InChI=1S/C71H122NO8P/c1-3-5-7-9-11-13-15-17-19-21-23-25-27-28-29-30-31-32-33-34-35-36-37-38-39-40-42-43-45-47-49-51-53-55-57-59-61-63-70(73)77-67-69(68-79-81(75,76)78-66-65-72)80-71(74)64-62-60-58-56-54-52-50-48-46-44-41-26-24-22-20-18-16-14-12-10-8-6-4-2/h6,8,12,14-15,17-18,20-21,23-24,26-28,44,46,50,52,56,58,69H,3-5,7,9-11,13,16,19,22,25,29-43,45,47-49,51,53-55,57,59-68,72H2,1-2H3,(H,75,76)/b8-6-,14-12-,17-15-,20-18-,23-21-,26-24-,28-27-,46-44-,52-50-,58-56-. The van der Waals surface area contributed by atoms with Gasteiger partial charge in [0.15, 0.2) is 6.10 Å². The topological polar surface area (TPSA) is 134 Å². The van der Waals surface area contributed by atoms with E-state index in [4.69, 9.17) is 24.3 Å². The minimum Gasteiger partial charge on any atom is -0.462 e. The summed E-state index contributed by atoms with van der Waals surface area (Å²) in [6.07, 6.45) is 91.6. The predicted octanol–water partition coefficient (Wildman–Crippen LogP) is 21.5. The zero-order chi connectivity index (χ0) is 58.7. The summed E-state index contributed by atoms with van der Waals surface area (Å²) in [6, 6.07) is 0. The molecule has 0 fully saturated rings. The van der Waals surface area contributed by atoms with Crippen molar-refractivity contribution in [3.63, 3.8) is 0 Å². The lowest BCUT2D eigenvalue weighted by Crippen LogP contribution is -2.29. The van der Waals surface area contributed by atoms with Gasteiger partial charge in [0.1, 0.15) is 6.61 Å².